The fourth-order valence-corrected chi connectivity index (χ4v) is 6.72. The highest BCUT2D eigenvalue weighted by Gasteiger charge is 2.33. The number of Topliss-reactive ketones (excluding diaryl/α,β-unsaturated/α-hetero) is 2. The fraction of sp³-hybridized carbons (Fsp3) is 0.238. The summed E-state index contributed by atoms with van der Waals surface area (Å²) < 4.78 is 24.2. The van der Waals surface area contributed by atoms with Crippen LogP contribution in [0.25, 0.3) is 0 Å². The van der Waals surface area contributed by atoms with Crippen LogP contribution in [0.15, 0.2) is 56.7 Å². The number of hydrogen-bond acceptors (Lipinski definition) is 6. The molecule has 150 valence electrons. The molecule has 0 aromatic heterocycles. The zero-order chi connectivity index (χ0) is 20.8. The number of carbonyl (C=O) groups excluding carboxylic acids is 2. The molecule has 29 heavy (non-hydrogen) atoms. The predicted octanol–water partition coefficient (Wildman–Crippen LogP) is 4.36. The van der Waals surface area contributed by atoms with Crippen LogP contribution in [-0.4, -0.2) is 30.8 Å². The maximum atomic E-state index is 13.3. The number of benzene rings is 2. The second-order valence-electron chi connectivity index (χ2n) is 6.95. The van der Waals surface area contributed by atoms with Gasteiger partial charge in [0.05, 0.1) is 26.1 Å². The highest BCUT2D eigenvalue weighted by molar-refractivity contribution is 8.03. The summed E-state index contributed by atoms with van der Waals surface area (Å²) in [5, 5.41) is 10.2. The molecule has 0 spiro atoms. The van der Waals surface area contributed by atoms with Crippen molar-refractivity contribution in [1.29, 1.82) is 0 Å². The molecule has 0 radical (unpaired) electrons. The van der Waals surface area contributed by atoms with E-state index in [4.69, 9.17) is 11.6 Å². The van der Waals surface area contributed by atoms with Gasteiger partial charge in [-0.05, 0) is 49.1 Å². The van der Waals surface area contributed by atoms with E-state index in [0.29, 0.717) is 28.2 Å². The molecule has 0 amide bonds. The first kappa shape index (κ1) is 20.2. The van der Waals surface area contributed by atoms with E-state index in [2.05, 4.69) is 0 Å². The van der Waals surface area contributed by atoms with E-state index in [9.17, 15) is 23.1 Å². The molecule has 1 heterocycles. The second kappa shape index (κ2) is 7.63. The van der Waals surface area contributed by atoms with E-state index in [1.165, 1.54) is 23.9 Å². The number of carbonyl (C=O) groups is 2. The smallest absolute Gasteiger partial charge is 0.198 e. The van der Waals surface area contributed by atoms with Gasteiger partial charge in [0.25, 0.3) is 0 Å². The Kier molecular flexibility index (Phi) is 5.31. The molecule has 0 saturated carbocycles. The number of hydrogen-bond donors (Lipinski definition) is 1. The Balaban J connectivity index is 1.79. The van der Waals surface area contributed by atoms with Crippen LogP contribution in [-0.2, 0) is 21.1 Å². The first-order valence-electron chi connectivity index (χ1n) is 9.10. The van der Waals surface area contributed by atoms with Gasteiger partial charge in [0.1, 0.15) is 5.75 Å². The zero-order valence-electron chi connectivity index (χ0n) is 15.3. The number of aromatic hydroxyl groups is 1. The normalized spacial score (nSPS) is 18.0. The molecule has 0 atom stereocenters. The van der Waals surface area contributed by atoms with Crippen molar-refractivity contribution in [2.45, 2.75) is 35.5 Å². The molecule has 4 rings (SSSR count). The van der Waals surface area contributed by atoms with Crippen LogP contribution in [0.1, 0.15) is 35.2 Å². The number of thioether (sulfide) groups is 1. The van der Waals surface area contributed by atoms with Gasteiger partial charge in [0, 0.05) is 16.9 Å². The summed E-state index contributed by atoms with van der Waals surface area (Å²) >= 11 is 7.62. The lowest BCUT2D eigenvalue weighted by Gasteiger charge is -2.19. The van der Waals surface area contributed by atoms with Crippen LogP contribution in [0.4, 0.5) is 0 Å². The largest absolute Gasteiger partial charge is 0.507 e. The predicted molar refractivity (Wildman–Crippen MR) is 111 cm³/mol. The average molecular weight is 449 g/mol. The van der Waals surface area contributed by atoms with Gasteiger partial charge < -0.3 is 5.11 Å². The average Bonchev–Trinajstić information content (AvgIpc) is 2.99. The number of para-hydroxylation sites is 1. The SMILES string of the molecule is O=C1CCCC(Sc2ccccc2O)=C1C(=O)c1ccc2c(c1Cl)CCS2(=O)=O. The van der Waals surface area contributed by atoms with Crippen molar-refractivity contribution < 1.29 is 23.1 Å². The van der Waals surface area contributed by atoms with Gasteiger partial charge in [-0.3, -0.25) is 9.59 Å². The van der Waals surface area contributed by atoms with E-state index in [-0.39, 0.29) is 51.2 Å². The van der Waals surface area contributed by atoms with Gasteiger partial charge in [-0.2, -0.15) is 0 Å². The number of phenols is 1. The van der Waals surface area contributed by atoms with E-state index >= 15 is 0 Å². The molecule has 0 fully saturated rings. The maximum Gasteiger partial charge on any atom is 0.198 e. The first-order chi connectivity index (χ1) is 13.8. The molecule has 0 saturated heterocycles. The monoisotopic (exact) mass is 448 g/mol. The number of halogens is 1. The molecule has 2 aliphatic rings. The van der Waals surface area contributed by atoms with Crippen LogP contribution >= 0.6 is 23.4 Å². The van der Waals surface area contributed by atoms with Gasteiger partial charge in [0.15, 0.2) is 21.4 Å². The van der Waals surface area contributed by atoms with Crippen molar-refractivity contribution in [1.82, 2.24) is 0 Å². The molecular weight excluding hydrogens is 432 g/mol. The standard InChI is InChI=1S/C21H17ClO5S2/c22-20-12-10-11-29(26,27)18(12)9-8-13(20)21(25)19-15(24)5-3-7-17(19)28-16-6-2-1-4-14(16)23/h1-2,4,6,8-9,23H,3,5,7,10-11H2. The molecule has 0 unspecified atom stereocenters. The summed E-state index contributed by atoms with van der Waals surface area (Å²) in [6.45, 7) is 0. The summed E-state index contributed by atoms with van der Waals surface area (Å²) in [5.74, 6) is -0.709. The van der Waals surface area contributed by atoms with Crippen molar-refractivity contribution in [2.24, 2.45) is 0 Å². The van der Waals surface area contributed by atoms with Gasteiger partial charge in [-0.1, -0.05) is 35.5 Å². The third-order valence-corrected chi connectivity index (χ3v) is 8.54. The van der Waals surface area contributed by atoms with Crippen molar-refractivity contribution in [3.63, 3.8) is 0 Å². The lowest BCUT2D eigenvalue weighted by molar-refractivity contribution is -0.115. The van der Waals surface area contributed by atoms with Crippen LogP contribution in [0.2, 0.25) is 5.02 Å². The van der Waals surface area contributed by atoms with Crippen LogP contribution in [0.3, 0.4) is 0 Å². The first-order valence-corrected chi connectivity index (χ1v) is 12.0. The molecule has 2 aromatic rings. The Hall–Kier alpha value is -2.09. The van der Waals surface area contributed by atoms with Gasteiger partial charge in [-0.25, -0.2) is 8.42 Å². The number of sulfone groups is 1. The Morgan fingerprint density at radius 2 is 1.83 bits per heavy atom. The van der Waals surface area contributed by atoms with Crippen LogP contribution < -0.4 is 0 Å². The molecule has 1 N–H and O–H groups in total. The zero-order valence-corrected chi connectivity index (χ0v) is 17.7. The minimum Gasteiger partial charge on any atom is -0.507 e. The summed E-state index contributed by atoms with van der Waals surface area (Å²) in [5.41, 5.74) is 0.659. The number of rotatable bonds is 4. The summed E-state index contributed by atoms with van der Waals surface area (Å²) in [6, 6.07) is 9.54. The number of allylic oxidation sites excluding steroid dienone is 2. The summed E-state index contributed by atoms with van der Waals surface area (Å²) in [6.07, 6.45) is 1.69. The maximum absolute atomic E-state index is 13.3. The summed E-state index contributed by atoms with van der Waals surface area (Å²) in [4.78, 5) is 27.3. The number of fused-ring (bicyclic) bond motifs is 1. The Bertz CT molecular complexity index is 1180. The summed E-state index contributed by atoms with van der Waals surface area (Å²) in [7, 11) is -3.37. The Morgan fingerprint density at radius 1 is 1.07 bits per heavy atom. The van der Waals surface area contributed by atoms with Gasteiger partial charge in [-0.15, -0.1) is 0 Å². The third kappa shape index (κ3) is 3.63. The fourth-order valence-electron chi connectivity index (χ4n) is 3.63. The highest BCUT2D eigenvalue weighted by atomic mass is 35.5. The van der Waals surface area contributed by atoms with Crippen LogP contribution in [0, 0.1) is 0 Å². The number of phenolic OH excluding ortho intramolecular Hbond substituents is 1. The lowest BCUT2D eigenvalue weighted by Crippen LogP contribution is -2.19. The van der Waals surface area contributed by atoms with Crippen molar-refractivity contribution in [2.75, 3.05) is 5.75 Å². The lowest BCUT2D eigenvalue weighted by atomic mass is 9.91. The molecule has 1 aliphatic heterocycles. The van der Waals surface area contributed by atoms with Crippen LogP contribution in [0.5, 0.6) is 5.75 Å². The van der Waals surface area contributed by atoms with E-state index < -0.39 is 15.6 Å². The highest BCUT2D eigenvalue weighted by Crippen LogP contribution is 2.42. The Labute approximate surface area is 177 Å². The molecule has 0 bridgehead atoms. The van der Waals surface area contributed by atoms with Crippen molar-refractivity contribution >= 4 is 44.8 Å². The van der Waals surface area contributed by atoms with E-state index in [1.54, 1.807) is 24.3 Å². The third-order valence-electron chi connectivity index (χ3n) is 5.09. The number of ketones is 2. The Morgan fingerprint density at radius 3 is 2.59 bits per heavy atom. The minimum atomic E-state index is -3.37. The van der Waals surface area contributed by atoms with Crippen molar-refractivity contribution in [3.05, 3.63) is 63.0 Å². The molecule has 8 heteroatoms. The van der Waals surface area contributed by atoms with Gasteiger partial charge >= 0.3 is 0 Å². The van der Waals surface area contributed by atoms with Crippen molar-refractivity contribution in [3.8, 4) is 5.75 Å². The molecule has 2 aromatic carbocycles. The van der Waals surface area contributed by atoms with E-state index in [1.807, 2.05) is 0 Å². The molecule has 5 nitrogen and oxygen atoms in total. The topological polar surface area (TPSA) is 88.5 Å². The quantitative estimate of drug-likeness (QED) is 0.552. The minimum absolute atomic E-state index is 0.0320. The molecular formula is C21H17ClO5S2. The molecule has 1 aliphatic carbocycles. The second-order valence-corrected chi connectivity index (χ2v) is 10.5. The van der Waals surface area contributed by atoms with Gasteiger partial charge in [0.2, 0.25) is 0 Å². The van der Waals surface area contributed by atoms with E-state index in [0.717, 1.165) is 0 Å².